The molecule has 1 aromatic heterocycles. The number of fused-ring (bicyclic) bond motifs is 10. The summed E-state index contributed by atoms with van der Waals surface area (Å²) in [5.74, 6) is 1.22. The highest BCUT2D eigenvalue weighted by atomic mass is 15.3. The minimum Gasteiger partial charge on any atom is -0.327 e. The van der Waals surface area contributed by atoms with Crippen LogP contribution in [0, 0.1) is 0 Å². The molecule has 1 aliphatic heterocycles. The maximum atomic E-state index is 2.46. The van der Waals surface area contributed by atoms with Crippen molar-refractivity contribution in [1.29, 1.82) is 0 Å². The molecule has 2 heterocycles. The molecule has 0 N–H and O–H groups in total. The normalized spacial score (nSPS) is 12.6. The van der Waals surface area contributed by atoms with Crippen molar-refractivity contribution in [2.45, 2.75) is 6.92 Å². The quantitative estimate of drug-likeness (QED) is 0.266. The second-order valence-electron chi connectivity index (χ2n) is 8.54. The van der Waals surface area contributed by atoms with Crippen molar-refractivity contribution in [3.8, 4) is 16.8 Å². The molecule has 7 rings (SSSR count). The van der Waals surface area contributed by atoms with Crippen molar-refractivity contribution in [3.05, 3.63) is 103 Å². The average Bonchev–Trinajstić information content (AvgIpc) is 3.14. The molecule has 6 aromatic rings. The van der Waals surface area contributed by atoms with E-state index >= 15 is 0 Å². The van der Waals surface area contributed by atoms with E-state index in [1.165, 1.54) is 60.8 Å². The third-order valence-electron chi connectivity index (χ3n) is 6.85. The van der Waals surface area contributed by atoms with Crippen LogP contribution >= 0.6 is 0 Å². The summed E-state index contributed by atoms with van der Waals surface area (Å²) >= 11 is 0. The zero-order chi connectivity index (χ0) is 21.2. The van der Waals surface area contributed by atoms with E-state index in [0.717, 1.165) is 6.54 Å². The Morgan fingerprint density at radius 2 is 1.31 bits per heavy atom. The lowest BCUT2D eigenvalue weighted by molar-refractivity contribution is 0.969. The predicted molar refractivity (Wildman–Crippen MR) is 136 cm³/mol. The molecule has 0 unspecified atom stereocenters. The molecule has 0 atom stereocenters. The van der Waals surface area contributed by atoms with E-state index in [0.29, 0.717) is 0 Å². The molecule has 1 aliphatic rings. The number of benzene rings is 5. The molecule has 152 valence electrons. The van der Waals surface area contributed by atoms with E-state index in [1.807, 2.05) is 0 Å². The van der Waals surface area contributed by atoms with Gasteiger partial charge in [-0.15, -0.1) is 0 Å². The molecule has 0 spiro atoms. The number of rotatable bonds is 1. The van der Waals surface area contributed by atoms with Crippen molar-refractivity contribution in [3.63, 3.8) is 0 Å². The van der Waals surface area contributed by atoms with Crippen LogP contribution in [-0.4, -0.2) is 11.1 Å². The first-order valence-electron chi connectivity index (χ1n) is 11.3. The molecule has 2 nitrogen and oxygen atoms in total. The van der Waals surface area contributed by atoms with E-state index in [2.05, 4.69) is 120 Å². The van der Waals surface area contributed by atoms with Crippen LogP contribution in [0.1, 0.15) is 6.92 Å². The number of hydrogen-bond donors (Lipinski definition) is 0. The molecule has 2 heteroatoms. The monoisotopic (exact) mass is 410 g/mol. The maximum absolute atomic E-state index is 2.46. The van der Waals surface area contributed by atoms with Gasteiger partial charge in [-0.05, 0) is 58.8 Å². The van der Waals surface area contributed by atoms with Crippen LogP contribution in [0.3, 0.4) is 0 Å². The smallest absolute Gasteiger partial charge is 0.118 e. The van der Waals surface area contributed by atoms with Gasteiger partial charge < -0.3 is 4.90 Å². The molecule has 0 bridgehead atoms. The second-order valence-corrected chi connectivity index (χ2v) is 8.54. The van der Waals surface area contributed by atoms with Gasteiger partial charge in [0.15, 0.2) is 0 Å². The molecular formula is C30H22N2. The van der Waals surface area contributed by atoms with Crippen LogP contribution in [0.4, 0.5) is 11.5 Å². The molecular weight excluding hydrogens is 388 g/mol. The highest BCUT2D eigenvalue weighted by Crippen LogP contribution is 2.48. The topological polar surface area (TPSA) is 8.17 Å². The lowest BCUT2D eigenvalue weighted by atomic mass is 9.94. The van der Waals surface area contributed by atoms with Gasteiger partial charge in [0.05, 0.1) is 16.9 Å². The Morgan fingerprint density at radius 1 is 0.594 bits per heavy atom. The van der Waals surface area contributed by atoms with Gasteiger partial charge in [-0.25, -0.2) is 0 Å². The van der Waals surface area contributed by atoms with Crippen LogP contribution in [0.25, 0.3) is 49.3 Å². The Balaban J connectivity index is 1.67. The first-order chi connectivity index (χ1) is 15.8. The van der Waals surface area contributed by atoms with Crippen molar-refractivity contribution in [2.75, 3.05) is 11.4 Å². The minimum absolute atomic E-state index is 0.898. The van der Waals surface area contributed by atoms with Gasteiger partial charge in [0, 0.05) is 23.1 Å². The molecule has 0 aliphatic carbocycles. The average molecular weight is 411 g/mol. The fourth-order valence-electron chi connectivity index (χ4n) is 5.44. The summed E-state index contributed by atoms with van der Waals surface area (Å²) in [5.41, 5.74) is 6.35. The van der Waals surface area contributed by atoms with Crippen molar-refractivity contribution < 1.29 is 0 Å². The van der Waals surface area contributed by atoms with Gasteiger partial charge in [-0.2, -0.15) is 0 Å². The zero-order valence-electron chi connectivity index (χ0n) is 17.9. The molecule has 5 aromatic carbocycles. The Hall–Kier alpha value is -4.04. The summed E-state index contributed by atoms with van der Waals surface area (Å²) in [6.45, 7) is 3.14. The van der Waals surface area contributed by atoms with Crippen LogP contribution in [0.15, 0.2) is 103 Å². The van der Waals surface area contributed by atoms with E-state index in [4.69, 9.17) is 0 Å². The summed E-state index contributed by atoms with van der Waals surface area (Å²) in [6, 6.07) is 37.8. The van der Waals surface area contributed by atoms with Gasteiger partial charge in [0.1, 0.15) is 5.82 Å². The highest BCUT2D eigenvalue weighted by Gasteiger charge is 2.27. The summed E-state index contributed by atoms with van der Waals surface area (Å²) in [6.07, 6.45) is 0. The van der Waals surface area contributed by atoms with Gasteiger partial charge in [0.25, 0.3) is 0 Å². The second kappa shape index (κ2) is 6.48. The van der Waals surface area contributed by atoms with Crippen molar-refractivity contribution >= 4 is 44.0 Å². The number of hydrogen-bond acceptors (Lipinski definition) is 1. The number of anilines is 2. The van der Waals surface area contributed by atoms with Crippen LogP contribution < -0.4 is 4.90 Å². The number of nitrogens with zero attached hydrogens (tertiary/aromatic N) is 2. The van der Waals surface area contributed by atoms with Gasteiger partial charge >= 0.3 is 0 Å². The first kappa shape index (κ1) is 17.6. The summed E-state index contributed by atoms with van der Waals surface area (Å²) in [5, 5.41) is 6.41. The van der Waals surface area contributed by atoms with Crippen molar-refractivity contribution in [2.24, 2.45) is 0 Å². The molecule has 0 fully saturated rings. The molecule has 0 amide bonds. The zero-order valence-corrected chi connectivity index (χ0v) is 17.9. The van der Waals surface area contributed by atoms with Crippen LogP contribution in [-0.2, 0) is 0 Å². The van der Waals surface area contributed by atoms with E-state index in [1.54, 1.807) is 0 Å². The number of para-hydroxylation sites is 1. The first-order valence-corrected chi connectivity index (χ1v) is 11.3. The standard InChI is InChI=1S/C30H22N2/c1-2-31-27-16-15-20-9-5-6-12-24(20)30(27)25-13-7-8-14-26(25)32-28-18-22-11-4-3-10-21(22)17-23(28)19-29(31)32/h3-19H,2H2,1H3. The van der Waals surface area contributed by atoms with E-state index < -0.39 is 0 Å². The summed E-state index contributed by atoms with van der Waals surface area (Å²) in [7, 11) is 0. The highest BCUT2D eigenvalue weighted by molar-refractivity contribution is 6.09. The van der Waals surface area contributed by atoms with Gasteiger partial charge in [-0.1, -0.05) is 72.8 Å². The van der Waals surface area contributed by atoms with Gasteiger partial charge in [0.2, 0.25) is 0 Å². The van der Waals surface area contributed by atoms with E-state index in [9.17, 15) is 0 Å². The maximum Gasteiger partial charge on any atom is 0.118 e. The lowest BCUT2D eigenvalue weighted by Gasteiger charge is -2.24. The SMILES string of the molecule is CCN1c2ccc3ccccc3c2-c2ccccc2-n2c1cc1cc3ccccc3cc12. The minimum atomic E-state index is 0.898. The molecule has 32 heavy (non-hydrogen) atoms. The largest absolute Gasteiger partial charge is 0.327 e. The van der Waals surface area contributed by atoms with E-state index in [-0.39, 0.29) is 0 Å². The van der Waals surface area contributed by atoms with Crippen LogP contribution in [0.2, 0.25) is 0 Å². The van der Waals surface area contributed by atoms with Crippen LogP contribution in [0.5, 0.6) is 0 Å². The molecule has 0 radical (unpaired) electrons. The third-order valence-corrected chi connectivity index (χ3v) is 6.85. The summed E-state index contributed by atoms with van der Waals surface area (Å²) < 4.78 is 2.45. The fourth-order valence-corrected chi connectivity index (χ4v) is 5.44. The number of aromatic nitrogens is 1. The Morgan fingerprint density at radius 3 is 2.16 bits per heavy atom. The lowest BCUT2D eigenvalue weighted by Crippen LogP contribution is -2.18. The van der Waals surface area contributed by atoms with Gasteiger partial charge in [-0.3, -0.25) is 4.57 Å². The Kier molecular flexibility index (Phi) is 3.57. The molecule has 0 saturated carbocycles. The Labute approximate surface area is 186 Å². The predicted octanol–water partition coefficient (Wildman–Crippen LogP) is 8.08. The third kappa shape index (κ3) is 2.29. The fraction of sp³-hybridized carbons (Fsp3) is 0.0667. The Bertz CT molecular complexity index is 1670. The molecule has 0 saturated heterocycles. The summed E-state index contributed by atoms with van der Waals surface area (Å²) in [4.78, 5) is 2.46. The van der Waals surface area contributed by atoms with Crippen molar-refractivity contribution in [1.82, 2.24) is 4.57 Å².